The van der Waals surface area contributed by atoms with E-state index in [-0.39, 0.29) is 12.7 Å². The molecule has 4 nitrogen and oxygen atoms in total. The summed E-state index contributed by atoms with van der Waals surface area (Å²) in [7, 11) is 0. The Morgan fingerprint density at radius 1 is 1.40 bits per heavy atom. The summed E-state index contributed by atoms with van der Waals surface area (Å²) in [5.41, 5.74) is 0.878. The van der Waals surface area contributed by atoms with E-state index in [1.165, 1.54) is 0 Å². The van der Waals surface area contributed by atoms with Crippen LogP contribution in [0.15, 0.2) is 18.2 Å². The lowest BCUT2D eigenvalue weighted by Gasteiger charge is -2.10. The first kappa shape index (κ1) is 10.4. The lowest BCUT2D eigenvalue weighted by atomic mass is 10.2. The molecule has 0 bridgehead atoms. The summed E-state index contributed by atoms with van der Waals surface area (Å²) in [6, 6.07) is 5.54. The second-order valence-electron chi connectivity index (χ2n) is 3.26. The second-order valence-corrected chi connectivity index (χ2v) is 3.57. The van der Waals surface area contributed by atoms with Crippen LogP contribution in [0.1, 0.15) is 0 Å². The Morgan fingerprint density at radius 3 is 3.00 bits per heavy atom. The number of benzene rings is 1. The van der Waals surface area contributed by atoms with E-state index >= 15 is 0 Å². The van der Waals surface area contributed by atoms with Crippen LogP contribution in [0.3, 0.4) is 0 Å². The highest BCUT2D eigenvalue weighted by Gasteiger charge is 2.13. The number of rotatable bonds is 4. The number of aliphatic hydroxyl groups excluding tert-OH is 1. The fourth-order valence-corrected chi connectivity index (χ4v) is 1.41. The van der Waals surface area contributed by atoms with Crippen molar-refractivity contribution in [3.8, 4) is 11.5 Å². The van der Waals surface area contributed by atoms with Crippen molar-refractivity contribution in [3.63, 3.8) is 0 Å². The average Bonchev–Trinajstić information content (AvgIpc) is 2.72. The fraction of sp³-hybridized carbons (Fsp3) is 0.400. The molecule has 0 saturated carbocycles. The van der Waals surface area contributed by atoms with Crippen molar-refractivity contribution in [3.05, 3.63) is 18.2 Å². The van der Waals surface area contributed by atoms with Crippen molar-refractivity contribution in [1.82, 2.24) is 0 Å². The molecule has 5 heteroatoms. The van der Waals surface area contributed by atoms with E-state index < -0.39 is 6.10 Å². The quantitative estimate of drug-likeness (QED) is 0.767. The third-order valence-corrected chi connectivity index (χ3v) is 2.45. The van der Waals surface area contributed by atoms with Gasteiger partial charge in [0.15, 0.2) is 11.5 Å². The van der Waals surface area contributed by atoms with Crippen LogP contribution in [0.4, 0.5) is 5.69 Å². The van der Waals surface area contributed by atoms with Crippen molar-refractivity contribution < 1.29 is 14.6 Å². The highest BCUT2D eigenvalue weighted by molar-refractivity contribution is 6.18. The van der Waals surface area contributed by atoms with Crippen LogP contribution in [-0.2, 0) is 0 Å². The molecular weight excluding hydrogens is 218 g/mol. The number of hydrogen-bond donors (Lipinski definition) is 2. The van der Waals surface area contributed by atoms with Crippen molar-refractivity contribution in [2.45, 2.75) is 6.10 Å². The van der Waals surface area contributed by atoms with Gasteiger partial charge in [-0.1, -0.05) is 0 Å². The molecule has 82 valence electrons. The first-order valence-electron chi connectivity index (χ1n) is 4.67. The van der Waals surface area contributed by atoms with E-state index in [1.54, 1.807) is 0 Å². The Balaban J connectivity index is 1.98. The van der Waals surface area contributed by atoms with Gasteiger partial charge in [-0.15, -0.1) is 11.6 Å². The molecule has 1 unspecified atom stereocenters. The monoisotopic (exact) mass is 229 g/mol. The summed E-state index contributed by atoms with van der Waals surface area (Å²) >= 11 is 5.48. The number of fused-ring (bicyclic) bond motifs is 1. The number of nitrogens with one attached hydrogen (secondary N) is 1. The molecule has 2 rings (SSSR count). The van der Waals surface area contributed by atoms with E-state index in [0.29, 0.717) is 6.54 Å². The zero-order valence-electron chi connectivity index (χ0n) is 8.07. The Hall–Kier alpha value is -1.13. The van der Waals surface area contributed by atoms with Gasteiger partial charge in [-0.05, 0) is 12.1 Å². The largest absolute Gasteiger partial charge is 0.454 e. The highest BCUT2D eigenvalue weighted by atomic mass is 35.5. The highest BCUT2D eigenvalue weighted by Crippen LogP contribution is 2.34. The smallest absolute Gasteiger partial charge is 0.231 e. The number of hydrogen-bond acceptors (Lipinski definition) is 4. The fourth-order valence-electron chi connectivity index (χ4n) is 1.30. The molecule has 0 radical (unpaired) electrons. The van der Waals surface area contributed by atoms with Crippen LogP contribution in [0.2, 0.25) is 0 Å². The van der Waals surface area contributed by atoms with Crippen LogP contribution in [0, 0.1) is 0 Å². The molecule has 0 aromatic heterocycles. The molecule has 1 heterocycles. The van der Waals surface area contributed by atoms with Gasteiger partial charge in [0.2, 0.25) is 6.79 Å². The molecule has 0 amide bonds. The van der Waals surface area contributed by atoms with Crippen LogP contribution in [-0.4, -0.2) is 30.4 Å². The van der Waals surface area contributed by atoms with Gasteiger partial charge in [0.05, 0.1) is 12.0 Å². The average molecular weight is 230 g/mol. The number of halogens is 1. The standard InChI is InChI=1S/C10H12ClNO3/c11-4-8(13)5-12-7-1-2-9-10(3-7)15-6-14-9/h1-3,8,12-13H,4-6H2. The van der Waals surface area contributed by atoms with E-state index in [9.17, 15) is 5.11 Å². The Bertz CT molecular complexity index is 345. The SMILES string of the molecule is OC(CCl)CNc1ccc2c(c1)OCO2. The summed E-state index contributed by atoms with van der Waals surface area (Å²) in [6.07, 6.45) is -0.544. The first-order chi connectivity index (χ1) is 7.29. The van der Waals surface area contributed by atoms with Crippen LogP contribution < -0.4 is 14.8 Å². The van der Waals surface area contributed by atoms with Crippen molar-refractivity contribution in [2.24, 2.45) is 0 Å². The third kappa shape index (κ3) is 2.46. The first-order valence-corrected chi connectivity index (χ1v) is 5.20. The maximum Gasteiger partial charge on any atom is 0.231 e. The summed E-state index contributed by atoms with van der Waals surface area (Å²) in [5.74, 6) is 1.69. The van der Waals surface area contributed by atoms with Gasteiger partial charge in [0.25, 0.3) is 0 Å². The Labute approximate surface area is 92.8 Å². The number of alkyl halides is 1. The maximum atomic E-state index is 9.26. The Kier molecular flexibility index (Phi) is 3.18. The summed E-state index contributed by atoms with van der Waals surface area (Å²) in [5, 5.41) is 12.3. The predicted octanol–water partition coefficient (Wildman–Crippen LogP) is 1.43. The molecule has 1 aromatic rings. The lowest BCUT2D eigenvalue weighted by Crippen LogP contribution is -2.20. The van der Waals surface area contributed by atoms with Gasteiger partial charge in [-0.25, -0.2) is 0 Å². The lowest BCUT2D eigenvalue weighted by molar-refractivity contribution is 0.174. The summed E-state index contributed by atoms with van der Waals surface area (Å²) in [6.45, 7) is 0.687. The van der Waals surface area contributed by atoms with Crippen molar-refractivity contribution in [2.75, 3.05) is 24.5 Å². The minimum absolute atomic E-state index is 0.220. The number of aliphatic hydroxyl groups is 1. The van der Waals surface area contributed by atoms with Crippen molar-refractivity contribution in [1.29, 1.82) is 0 Å². The molecule has 2 N–H and O–H groups in total. The zero-order valence-corrected chi connectivity index (χ0v) is 8.83. The van der Waals surface area contributed by atoms with Gasteiger partial charge in [-0.3, -0.25) is 0 Å². The molecule has 1 aliphatic rings. The van der Waals surface area contributed by atoms with Crippen molar-refractivity contribution >= 4 is 17.3 Å². The van der Waals surface area contributed by atoms with E-state index in [2.05, 4.69) is 5.32 Å². The van der Waals surface area contributed by atoms with Crippen LogP contribution >= 0.6 is 11.6 Å². The molecule has 15 heavy (non-hydrogen) atoms. The minimum Gasteiger partial charge on any atom is -0.454 e. The maximum absolute atomic E-state index is 9.26. The van der Waals surface area contributed by atoms with Gasteiger partial charge in [-0.2, -0.15) is 0 Å². The second kappa shape index (κ2) is 4.59. The molecule has 0 aliphatic carbocycles. The predicted molar refractivity (Wildman–Crippen MR) is 57.8 cm³/mol. The topological polar surface area (TPSA) is 50.7 Å². The molecule has 0 spiro atoms. The molecule has 0 saturated heterocycles. The normalized spacial score (nSPS) is 15.1. The summed E-state index contributed by atoms with van der Waals surface area (Å²) in [4.78, 5) is 0. The van der Waals surface area contributed by atoms with Crippen LogP contribution in [0.25, 0.3) is 0 Å². The molecule has 1 aromatic carbocycles. The molecule has 0 fully saturated rings. The van der Waals surface area contributed by atoms with Gasteiger partial charge < -0.3 is 19.9 Å². The molecule has 1 aliphatic heterocycles. The third-order valence-electron chi connectivity index (χ3n) is 2.09. The Morgan fingerprint density at radius 2 is 2.20 bits per heavy atom. The van der Waals surface area contributed by atoms with Crippen LogP contribution in [0.5, 0.6) is 11.5 Å². The van der Waals surface area contributed by atoms with Gasteiger partial charge in [0.1, 0.15) is 0 Å². The summed E-state index contributed by atoms with van der Waals surface area (Å²) < 4.78 is 10.4. The van der Waals surface area contributed by atoms with Gasteiger partial charge in [0, 0.05) is 18.3 Å². The minimum atomic E-state index is -0.544. The molecule has 1 atom stereocenters. The zero-order chi connectivity index (χ0) is 10.7. The van der Waals surface area contributed by atoms with E-state index in [4.69, 9.17) is 21.1 Å². The van der Waals surface area contributed by atoms with E-state index in [1.807, 2.05) is 18.2 Å². The van der Waals surface area contributed by atoms with Gasteiger partial charge >= 0.3 is 0 Å². The molecular formula is C10H12ClNO3. The van der Waals surface area contributed by atoms with E-state index in [0.717, 1.165) is 17.2 Å². The number of ether oxygens (including phenoxy) is 2. The number of anilines is 1.